The summed E-state index contributed by atoms with van der Waals surface area (Å²) in [6.07, 6.45) is 4.43. The molecule has 28 heavy (non-hydrogen) atoms. The van der Waals surface area contributed by atoms with Crippen molar-refractivity contribution < 1.29 is 28.9 Å². The highest BCUT2D eigenvalue weighted by atomic mass is 16.5. The van der Waals surface area contributed by atoms with Gasteiger partial charge in [0.25, 0.3) is 0 Å². The average molecular weight is 389 g/mol. The number of hydrogen-bond acceptors (Lipinski definition) is 6. The quantitative estimate of drug-likeness (QED) is 0.567. The van der Waals surface area contributed by atoms with E-state index >= 15 is 0 Å². The van der Waals surface area contributed by atoms with Crippen LogP contribution in [0.15, 0.2) is 24.5 Å². The third-order valence-electron chi connectivity index (χ3n) is 5.55. The minimum absolute atomic E-state index is 0.0991. The lowest BCUT2D eigenvalue weighted by molar-refractivity contribution is -0.144. The molecule has 7 heteroatoms. The number of esters is 1. The van der Waals surface area contributed by atoms with Crippen LogP contribution in [0.1, 0.15) is 43.7 Å². The molecule has 0 aliphatic carbocycles. The summed E-state index contributed by atoms with van der Waals surface area (Å²) in [5, 5.41) is 8.70. The fourth-order valence-electron chi connectivity index (χ4n) is 4.19. The van der Waals surface area contributed by atoms with Crippen LogP contribution in [0.3, 0.4) is 0 Å². The molecule has 2 heterocycles. The first-order chi connectivity index (χ1) is 13.4. The predicted molar refractivity (Wildman–Crippen MR) is 102 cm³/mol. The number of carboxylic acids is 1. The van der Waals surface area contributed by atoms with Gasteiger partial charge in [-0.15, -0.1) is 0 Å². The molecule has 7 nitrogen and oxygen atoms in total. The number of methoxy groups -OCH3 is 1. The van der Waals surface area contributed by atoms with E-state index in [0.717, 1.165) is 37.2 Å². The van der Waals surface area contributed by atoms with Gasteiger partial charge in [0.05, 0.1) is 31.6 Å². The van der Waals surface area contributed by atoms with Gasteiger partial charge in [-0.25, -0.2) is 0 Å². The van der Waals surface area contributed by atoms with Crippen molar-refractivity contribution >= 4 is 11.9 Å². The summed E-state index contributed by atoms with van der Waals surface area (Å²) >= 11 is 0. The van der Waals surface area contributed by atoms with Gasteiger partial charge in [-0.1, -0.05) is 13.0 Å². The van der Waals surface area contributed by atoms with Gasteiger partial charge in [0.15, 0.2) is 11.5 Å². The lowest BCUT2D eigenvalue weighted by Gasteiger charge is -2.30. The molecule has 0 saturated carbocycles. The van der Waals surface area contributed by atoms with Crippen molar-refractivity contribution in [2.24, 2.45) is 0 Å². The maximum Gasteiger partial charge on any atom is 0.311 e. The van der Waals surface area contributed by atoms with E-state index in [2.05, 4.69) is 24.9 Å². The molecule has 1 aromatic carbocycles. The summed E-state index contributed by atoms with van der Waals surface area (Å²) < 4.78 is 17.0. The lowest BCUT2D eigenvalue weighted by atomic mass is 9.72. The zero-order chi connectivity index (χ0) is 20.3. The number of ether oxygens (including phenoxy) is 3. The normalized spacial score (nSPS) is 23.8. The van der Waals surface area contributed by atoms with Crippen LogP contribution in [0.5, 0.6) is 11.5 Å². The first kappa shape index (κ1) is 20.2. The van der Waals surface area contributed by atoms with E-state index in [0.29, 0.717) is 5.75 Å². The number of hydrogen-bond donors (Lipinski definition) is 1. The monoisotopic (exact) mass is 389 g/mol. The molecular weight excluding hydrogens is 362 g/mol. The standard InChI is InChI=1S/C21H27NO6/c1-4-16-21(10-12-27-18(25)8-7-17(23)24)9-11-22(2)13-14-5-6-15(26-3)20(28-16)19(14)21/h5-6,10,12,16H,4,7-9,11,13H2,1-3H3,(H,23,24)/b12-10-. The average Bonchev–Trinajstić information content (AvgIpc) is 2.92. The number of rotatable bonds is 7. The molecule has 0 aromatic heterocycles. The van der Waals surface area contributed by atoms with Crippen LogP contribution >= 0.6 is 0 Å². The van der Waals surface area contributed by atoms with E-state index in [1.807, 2.05) is 12.1 Å². The highest BCUT2D eigenvalue weighted by Gasteiger charge is 2.50. The molecule has 0 radical (unpaired) electrons. The number of carbonyl (C=O) groups is 2. The highest BCUT2D eigenvalue weighted by Crippen LogP contribution is 2.54. The Morgan fingerprint density at radius 1 is 1.39 bits per heavy atom. The van der Waals surface area contributed by atoms with Crippen LogP contribution in [0.4, 0.5) is 0 Å². The molecule has 0 spiro atoms. The van der Waals surface area contributed by atoms with Crippen molar-refractivity contribution in [3.05, 3.63) is 35.6 Å². The van der Waals surface area contributed by atoms with Gasteiger partial charge >= 0.3 is 11.9 Å². The molecule has 152 valence electrons. The number of carbonyl (C=O) groups excluding carboxylic acids is 1. The molecule has 2 aliphatic rings. The van der Waals surface area contributed by atoms with Gasteiger partial charge in [0.1, 0.15) is 6.10 Å². The minimum Gasteiger partial charge on any atom is -0.493 e. The summed E-state index contributed by atoms with van der Waals surface area (Å²) in [5.41, 5.74) is 1.85. The second kappa shape index (κ2) is 8.22. The van der Waals surface area contributed by atoms with E-state index in [1.54, 1.807) is 7.11 Å². The number of aliphatic carboxylic acids is 1. The molecule has 2 atom stereocenters. The van der Waals surface area contributed by atoms with Crippen molar-refractivity contribution in [1.82, 2.24) is 4.90 Å². The molecule has 1 aromatic rings. The molecule has 2 aliphatic heterocycles. The highest BCUT2D eigenvalue weighted by molar-refractivity contribution is 5.76. The van der Waals surface area contributed by atoms with Gasteiger partial charge in [0.2, 0.25) is 0 Å². The van der Waals surface area contributed by atoms with E-state index in [9.17, 15) is 9.59 Å². The zero-order valence-corrected chi connectivity index (χ0v) is 16.6. The fraction of sp³-hybridized carbons (Fsp3) is 0.524. The Bertz CT molecular complexity index is 789. The van der Waals surface area contributed by atoms with Gasteiger partial charge in [-0.3, -0.25) is 9.59 Å². The summed E-state index contributed by atoms with van der Waals surface area (Å²) in [4.78, 5) is 24.7. The SMILES string of the molecule is CCC1Oc2c(OC)ccc3c2C1(/C=C\OC(=O)CCC(=O)O)CCN(C)C3. The van der Waals surface area contributed by atoms with Crippen molar-refractivity contribution in [1.29, 1.82) is 0 Å². The second-order valence-electron chi connectivity index (χ2n) is 7.36. The fourth-order valence-corrected chi connectivity index (χ4v) is 4.19. The lowest BCUT2D eigenvalue weighted by Crippen LogP contribution is -2.37. The topological polar surface area (TPSA) is 85.3 Å². The van der Waals surface area contributed by atoms with Gasteiger partial charge in [0, 0.05) is 12.1 Å². The first-order valence-electron chi connectivity index (χ1n) is 9.55. The zero-order valence-electron chi connectivity index (χ0n) is 16.6. The Labute approximate surface area is 164 Å². The van der Waals surface area contributed by atoms with Crippen LogP contribution in [-0.4, -0.2) is 48.8 Å². The summed E-state index contributed by atoms with van der Waals surface area (Å²) in [6, 6.07) is 4.01. The Balaban J connectivity index is 1.96. The molecule has 3 rings (SSSR count). The molecular formula is C21H27NO6. The Morgan fingerprint density at radius 3 is 2.86 bits per heavy atom. The van der Waals surface area contributed by atoms with Crippen LogP contribution < -0.4 is 9.47 Å². The Morgan fingerprint density at radius 2 is 2.18 bits per heavy atom. The maximum atomic E-state index is 11.8. The van der Waals surface area contributed by atoms with Gasteiger partial charge in [-0.2, -0.15) is 0 Å². The van der Waals surface area contributed by atoms with Crippen molar-refractivity contribution in [3.8, 4) is 11.5 Å². The number of nitrogens with zero attached hydrogens (tertiary/aromatic N) is 1. The van der Waals surface area contributed by atoms with Crippen LogP contribution in [-0.2, 0) is 26.3 Å². The summed E-state index contributed by atoms with van der Waals surface area (Å²) in [5.74, 6) is -0.106. The Hall–Kier alpha value is -2.54. The number of benzene rings is 1. The Kier molecular flexibility index (Phi) is 5.93. The van der Waals surface area contributed by atoms with E-state index in [-0.39, 0.29) is 18.9 Å². The smallest absolute Gasteiger partial charge is 0.311 e. The molecule has 0 bridgehead atoms. The van der Waals surface area contributed by atoms with Crippen LogP contribution in [0, 0.1) is 0 Å². The molecule has 0 saturated heterocycles. The summed E-state index contributed by atoms with van der Waals surface area (Å²) in [7, 11) is 3.72. The molecule has 2 unspecified atom stereocenters. The van der Waals surface area contributed by atoms with Crippen molar-refractivity contribution in [3.63, 3.8) is 0 Å². The van der Waals surface area contributed by atoms with Crippen molar-refractivity contribution in [2.75, 3.05) is 20.7 Å². The maximum absolute atomic E-state index is 11.8. The first-order valence-corrected chi connectivity index (χ1v) is 9.55. The van der Waals surface area contributed by atoms with E-state index in [1.165, 1.54) is 11.8 Å². The minimum atomic E-state index is -1.02. The third kappa shape index (κ3) is 3.71. The third-order valence-corrected chi connectivity index (χ3v) is 5.55. The molecule has 1 N–H and O–H groups in total. The van der Waals surface area contributed by atoms with E-state index in [4.69, 9.17) is 19.3 Å². The van der Waals surface area contributed by atoms with Crippen molar-refractivity contribution in [2.45, 2.75) is 50.7 Å². The number of carboxylic acid groups (broad SMARTS) is 1. The largest absolute Gasteiger partial charge is 0.493 e. The van der Waals surface area contributed by atoms with Gasteiger partial charge < -0.3 is 24.2 Å². The molecule has 0 amide bonds. The summed E-state index contributed by atoms with van der Waals surface area (Å²) in [6.45, 7) is 3.75. The van der Waals surface area contributed by atoms with E-state index < -0.39 is 17.4 Å². The second-order valence-corrected chi connectivity index (χ2v) is 7.36. The van der Waals surface area contributed by atoms with Crippen LogP contribution in [0.25, 0.3) is 0 Å². The van der Waals surface area contributed by atoms with Crippen LogP contribution in [0.2, 0.25) is 0 Å². The predicted octanol–water partition coefficient (Wildman–Crippen LogP) is 2.86. The van der Waals surface area contributed by atoms with Gasteiger partial charge in [-0.05, 0) is 44.1 Å². The molecule has 0 fully saturated rings.